The second kappa shape index (κ2) is 10.4. The van der Waals surface area contributed by atoms with E-state index in [1.54, 1.807) is 60.3 Å². The average molecular weight is 457 g/mol. The molecule has 0 spiro atoms. The van der Waals surface area contributed by atoms with Crippen LogP contribution in [0.25, 0.3) is 0 Å². The Morgan fingerprint density at radius 3 is 2.35 bits per heavy atom. The number of hydrogen-bond donors (Lipinski definition) is 1. The topological polar surface area (TPSA) is 75.7 Å². The Morgan fingerprint density at radius 2 is 1.71 bits per heavy atom. The van der Waals surface area contributed by atoms with Gasteiger partial charge < -0.3 is 10.1 Å². The minimum atomic E-state index is -3.95. The summed E-state index contributed by atoms with van der Waals surface area (Å²) in [4.78, 5) is 13.9. The molecule has 6 nitrogen and oxygen atoms in total. The molecule has 0 heterocycles. The average Bonchev–Trinajstić information content (AvgIpc) is 2.79. The molecule has 1 amide bonds. The van der Waals surface area contributed by atoms with Crippen molar-refractivity contribution in [2.45, 2.75) is 16.7 Å². The molecule has 0 aliphatic rings. The number of sulfonamides is 1. The molecule has 3 aromatic carbocycles. The zero-order chi connectivity index (χ0) is 22.3. The number of amides is 1. The van der Waals surface area contributed by atoms with Crippen molar-refractivity contribution in [3.05, 3.63) is 78.9 Å². The summed E-state index contributed by atoms with van der Waals surface area (Å²) in [5.41, 5.74) is 0.987. The van der Waals surface area contributed by atoms with Gasteiger partial charge in [-0.3, -0.25) is 9.10 Å². The molecule has 3 aromatic rings. The second-order valence-corrected chi connectivity index (χ2v) is 9.27. The third kappa shape index (κ3) is 5.80. The Kier molecular flexibility index (Phi) is 7.59. The van der Waals surface area contributed by atoms with Gasteiger partial charge in [-0.25, -0.2) is 8.42 Å². The summed E-state index contributed by atoms with van der Waals surface area (Å²) >= 11 is 1.56. The fraction of sp³-hybridized carbons (Fsp3) is 0.174. The number of ether oxygens (including phenoxy) is 1. The lowest BCUT2D eigenvalue weighted by Crippen LogP contribution is -2.38. The fourth-order valence-corrected chi connectivity index (χ4v) is 4.84. The van der Waals surface area contributed by atoms with Gasteiger partial charge in [-0.05, 0) is 67.8 Å². The molecule has 0 fully saturated rings. The summed E-state index contributed by atoms with van der Waals surface area (Å²) < 4.78 is 33.2. The molecule has 1 N–H and O–H groups in total. The Balaban J connectivity index is 1.90. The number of nitrogens with zero attached hydrogens (tertiary/aromatic N) is 1. The van der Waals surface area contributed by atoms with Gasteiger partial charge in [-0.2, -0.15) is 0 Å². The van der Waals surface area contributed by atoms with Crippen LogP contribution in [-0.4, -0.2) is 33.7 Å². The van der Waals surface area contributed by atoms with E-state index in [0.29, 0.717) is 23.7 Å². The third-order valence-corrected chi connectivity index (χ3v) is 6.92. The number of benzene rings is 3. The summed E-state index contributed by atoms with van der Waals surface area (Å²) in [5.74, 6) is 0.188. The molecular formula is C23H24N2O4S2. The van der Waals surface area contributed by atoms with Gasteiger partial charge in [0.25, 0.3) is 10.0 Å². The molecule has 0 aliphatic carbocycles. The minimum Gasteiger partial charge on any atom is -0.494 e. The number of hydrogen-bond acceptors (Lipinski definition) is 5. The first-order valence-corrected chi connectivity index (χ1v) is 12.3. The van der Waals surface area contributed by atoms with Gasteiger partial charge >= 0.3 is 0 Å². The largest absolute Gasteiger partial charge is 0.494 e. The normalized spacial score (nSPS) is 11.0. The molecule has 162 valence electrons. The standard InChI is InChI=1S/C23H24N2O4S2/c1-3-29-20-14-12-19(13-15-20)25(31(27,28)22-10-5-4-6-11-22)17-23(26)24-18-8-7-9-21(16-18)30-2/h4-16H,3,17H2,1-2H3,(H,24,26). The molecule has 0 aliphatic heterocycles. The van der Waals surface area contributed by atoms with E-state index in [4.69, 9.17) is 4.74 Å². The van der Waals surface area contributed by atoms with E-state index in [1.807, 2.05) is 31.4 Å². The van der Waals surface area contributed by atoms with E-state index in [-0.39, 0.29) is 11.4 Å². The van der Waals surface area contributed by atoms with Crippen molar-refractivity contribution in [1.29, 1.82) is 0 Å². The highest BCUT2D eigenvalue weighted by Gasteiger charge is 2.27. The predicted octanol–water partition coefficient (Wildman–Crippen LogP) is 4.64. The molecule has 0 unspecified atom stereocenters. The van der Waals surface area contributed by atoms with Crippen LogP contribution < -0.4 is 14.4 Å². The Bertz CT molecular complexity index is 1120. The first kappa shape index (κ1) is 22.7. The van der Waals surface area contributed by atoms with Crippen LogP contribution in [0.2, 0.25) is 0 Å². The van der Waals surface area contributed by atoms with E-state index >= 15 is 0 Å². The molecule has 0 saturated carbocycles. The third-order valence-electron chi connectivity index (χ3n) is 4.41. The highest BCUT2D eigenvalue weighted by atomic mass is 32.2. The van der Waals surface area contributed by atoms with Gasteiger partial charge in [-0.15, -0.1) is 11.8 Å². The van der Waals surface area contributed by atoms with Crippen molar-refractivity contribution in [2.24, 2.45) is 0 Å². The van der Waals surface area contributed by atoms with Crippen LogP contribution in [0, 0.1) is 0 Å². The minimum absolute atomic E-state index is 0.112. The molecule has 31 heavy (non-hydrogen) atoms. The van der Waals surface area contributed by atoms with Crippen LogP contribution in [0.1, 0.15) is 6.92 Å². The summed E-state index contributed by atoms with van der Waals surface area (Å²) in [5, 5.41) is 2.79. The zero-order valence-corrected chi connectivity index (χ0v) is 18.9. The lowest BCUT2D eigenvalue weighted by Gasteiger charge is -2.24. The predicted molar refractivity (Wildman–Crippen MR) is 125 cm³/mol. The second-order valence-electron chi connectivity index (χ2n) is 6.53. The molecule has 0 saturated heterocycles. The van der Waals surface area contributed by atoms with Gasteiger partial charge in [0.05, 0.1) is 17.2 Å². The van der Waals surface area contributed by atoms with Crippen LogP contribution in [0.5, 0.6) is 5.75 Å². The van der Waals surface area contributed by atoms with E-state index in [2.05, 4.69) is 5.32 Å². The zero-order valence-electron chi connectivity index (χ0n) is 17.3. The number of carbonyl (C=O) groups is 1. The summed E-state index contributed by atoms with van der Waals surface area (Å²) in [7, 11) is -3.95. The van der Waals surface area contributed by atoms with Crippen LogP contribution in [0.3, 0.4) is 0 Å². The van der Waals surface area contributed by atoms with E-state index in [1.165, 1.54) is 12.1 Å². The van der Waals surface area contributed by atoms with Crippen molar-refractivity contribution < 1.29 is 17.9 Å². The van der Waals surface area contributed by atoms with E-state index < -0.39 is 15.9 Å². The van der Waals surface area contributed by atoms with Crippen molar-refractivity contribution >= 4 is 39.1 Å². The molecule has 3 rings (SSSR count). The quantitative estimate of drug-likeness (QED) is 0.475. The van der Waals surface area contributed by atoms with Gasteiger partial charge in [0, 0.05) is 10.6 Å². The monoisotopic (exact) mass is 456 g/mol. The van der Waals surface area contributed by atoms with Crippen LogP contribution in [0.4, 0.5) is 11.4 Å². The molecule has 8 heteroatoms. The fourth-order valence-electron chi connectivity index (χ4n) is 2.94. The molecular weight excluding hydrogens is 432 g/mol. The maximum atomic E-state index is 13.3. The Hall–Kier alpha value is -2.97. The summed E-state index contributed by atoms with van der Waals surface area (Å²) in [6.45, 7) is 2.01. The van der Waals surface area contributed by atoms with Crippen LogP contribution >= 0.6 is 11.8 Å². The maximum Gasteiger partial charge on any atom is 0.264 e. The first-order chi connectivity index (χ1) is 14.9. The molecule has 0 atom stereocenters. The first-order valence-electron chi connectivity index (χ1n) is 9.68. The number of thioether (sulfide) groups is 1. The maximum absolute atomic E-state index is 13.3. The number of nitrogens with one attached hydrogen (secondary N) is 1. The number of rotatable bonds is 9. The lowest BCUT2D eigenvalue weighted by molar-refractivity contribution is -0.114. The number of carbonyl (C=O) groups excluding carboxylic acids is 1. The highest BCUT2D eigenvalue weighted by molar-refractivity contribution is 7.98. The van der Waals surface area contributed by atoms with Crippen LogP contribution in [0.15, 0.2) is 88.7 Å². The Morgan fingerprint density at radius 1 is 1.00 bits per heavy atom. The van der Waals surface area contributed by atoms with Crippen molar-refractivity contribution in [3.63, 3.8) is 0 Å². The number of anilines is 2. The smallest absolute Gasteiger partial charge is 0.264 e. The van der Waals surface area contributed by atoms with E-state index in [0.717, 1.165) is 9.20 Å². The molecule has 0 aromatic heterocycles. The van der Waals surface area contributed by atoms with Crippen LogP contribution in [-0.2, 0) is 14.8 Å². The summed E-state index contributed by atoms with van der Waals surface area (Å²) in [6, 6.07) is 22.1. The highest BCUT2D eigenvalue weighted by Crippen LogP contribution is 2.26. The van der Waals surface area contributed by atoms with Gasteiger partial charge in [0.2, 0.25) is 5.91 Å². The van der Waals surface area contributed by atoms with E-state index in [9.17, 15) is 13.2 Å². The Labute approximate surface area is 187 Å². The summed E-state index contributed by atoms with van der Waals surface area (Å²) in [6.07, 6.45) is 1.95. The van der Waals surface area contributed by atoms with Gasteiger partial charge in [0.1, 0.15) is 12.3 Å². The van der Waals surface area contributed by atoms with Crippen molar-refractivity contribution in [2.75, 3.05) is 29.0 Å². The van der Waals surface area contributed by atoms with Crippen molar-refractivity contribution in [1.82, 2.24) is 0 Å². The molecule has 0 radical (unpaired) electrons. The van der Waals surface area contributed by atoms with Gasteiger partial charge in [-0.1, -0.05) is 24.3 Å². The lowest BCUT2D eigenvalue weighted by atomic mass is 10.3. The SMILES string of the molecule is CCOc1ccc(N(CC(=O)Nc2cccc(SC)c2)S(=O)(=O)c2ccccc2)cc1. The van der Waals surface area contributed by atoms with Gasteiger partial charge in [0.15, 0.2) is 0 Å². The molecule has 0 bridgehead atoms. The van der Waals surface area contributed by atoms with Crippen molar-refractivity contribution in [3.8, 4) is 5.75 Å².